The number of likely N-dealkylation sites (N-methyl/N-ethyl adjacent to an activating group) is 1. The summed E-state index contributed by atoms with van der Waals surface area (Å²) in [7, 11) is 1.66. The maximum absolute atomic E-state index is 11.6. The Labute approximate surface area is 119 Å². The van der Waals surface area contributed by atoms with Gasteiger partial charge in [-0.2, -0.15) is 0 Å². The Morgan fingerprint density at radius 3 is 3.10 bits per heavy atom. The Bertz CT molecular complexity index is 405. The highest BCUT2D eigenvalue weighted by Crippen LogP contribution is 2.26. The third-order valence-electron chi connectivity index (χ3n) is 3.99. The first-order chi connectivity index (χ1) is 9.70. The average Bonchev–Trinajstić information content (AvgIpc) is 2.90. The molecule has 1 fully saturated rings. The van der Waals surface area contributed by atoms with Gasteiger partial charge in [0.1, 0.15) is 11.9 Å². The van der Waals surface area contributed by atoms with E-state index >= 15 is 0 Å². The number of carbonyl (C=O) groups excluding carboxylic acids is 1. The summed E-state index contributed by atoms with van der Waals surface area (Å²) in [5.74, 6) is 0.638. The van der Waals surface area contributed by atoms with E-state index in [4.69, 9.17) is 4.42 Å². The molecule has 2 atom stereocenters. The largest absolute Gasteiger partial charge is 0.467 e. The quantitative estimate of drug-likeness (QED) is 0.861. The molecule has 5 heteroatoms. The van der Waals surface area contributed by atoms with Crippen LogP contribution in [0.2, 0.25) is 0 Å². The lowest BCUT2D eigenvalue weighted by atomic mass is 10.0. The van der Waals surface area contributed by atoms with E-state index in [1.807, 2.05) is 0 Å². The van der Waals surface area contributed by atoms with Gasteiger partial charge in [-0.3, -0.25) is 9.69 Å². The standard InChI is InChI=1S/C15H24N2O3/c1-16-15(19)11-17-8-4-2-3-6-12(17)10-13(18)14-7-5-9-20-14/h5,7,9,12-13,18H,2-4,6,8,10-11H2,1H3,(H,16,19). The van der Waals surface area contributed by atoms with E-state index in [9.17, 15) is 9.90 Å². The summed E-state index contributed by atoms with van der Waals surface area (Å²) >= 11 is 0. The number of likely N-dealkylation sites (tertiary alicyclic amines) is 1. The van der Waals surface area contributed by atoms with Gasteiger partial charge in [0.15, 0.2) is 0 Å². The van der Waals surface area contributed by atoms with Crippen molar-refractivity contribution in [2.45, 2.75) is 44.2 Å². The van der Waals surface area contributed by atoms with Crippen LogP contribution in [0, 0.1) is 0 Å². The third-order valence-corrected chi connectivity index (χ3v) is 3.99. The van der Waals surface area contributed by atoms with E-state index < -0.39 is 6.10 Å². The lowest BCUT2D eigenvalue weighted by Crippen LogP contribution is -2.42. The van der Waals surface area contributed by atoms with Crippen molar-refractivity contribution in [3.05, 3.63) is 24.2 Å². The molecule has 1 saturated heterocycles. The zero-order valence-electron chi connectivity index (χ0n) is 12.0. The van der Waals surface area contributed by atoms with Gasteiger partial charge in [0.05, 0.1) is 12.8 Å². The number of nitrogens with one attached hydrogen (secondary N) is 1. The Morgan fingerprint density at radius 2 is 2.40 bits per heavy atom. The third kappa shape index (κ3) is 4.08. The number of amides is 1. The average molecular weight is 280 g/mol. The highest BCUT2D eigenvalue weighted by Gasteiger charge is 2.26. The molecule has 0 saturated carbocycles. The Kier molecular flexibility index (Phi) is 5.61. The summed E-state index contributed by atoms with van der Waals surface area (Å²) in [6.45, 7) is 1.33. The number of aliphatic hydroxyl groups excluding tert-OH is 1. The van der Waals surface area contributed by atoms with Crippen LogP contribution in [0.5, 0.6) is 0 Å². The number of rotatable bonds is 5. The van der Waals surface area contributed by atoms with E-state index in [0.717, 1.165) is 25.8 Å². The monoisotopic (exact) mass is 280 g/mol. The molecule has 0 bridgehead atoms. The van der Waals surface area contributed by atoms with Crippen molar-refractivity contribution in [1.29, 1.82) is 0 Å². The zero-order valence-corrected chi connectivity index (χ0v) is 12.0. The van der Waals surface area contributed by atoms with Crippen LogP contribution < -0.4 is 5.32 Å². The normalized spacial score (nSPS) is 22.2. The molecular weight excluding hydrogens is 256 g/mol. The maximum atomic E-state index is 11.6. The summed E-state index contributed by atoms with van der Waals surface area (Å²) in [6, 6.07) is 3.81. The van der Waals surface area contributed by atoms with Crippen molar-refractivity contribution in [1.82, 2.24) is 10.2 Å². The Hall–Kier alpha value is -1.33. The molecule has 0 radical (unpaired) electrons. The topological polar surface area (TPSA) is 65.7 Å². The number of hydrogen-bond acceptors (Lipinski definition) is 4. The number of aliphatic hydroxyl groups is 1. The SMILES string of the molecule is CNC(=O)CN1CCCCCC1CC(O)c1ccco1. The molecule has 1 aromatic rings. The van der Waals surface area contributed by atoms with Crippen LogP contribution in [-0.2, 0) is 4.79 Å². The van der Waals surface area contributed by atoms with Crippen molar-refractivity contribution in [3.63, 3.8) is 0 Å². The van der Waals surface area contributed by atoms with Gasteiger partial charge < -0.3 is 14.8 Å². The number of hydrogen-bond donors (Lipinski definition) is 2. The molecule has 1 aromatic heterocycles. The Morgan fingerprint density at radius 1 is 1.55 bits per heavy atom. The molecule has 2 rings (SSSR count). The smallest absolute Gasteiger partial charge is 0.233 e. The molecule has 1 aliphatic heterocycles. The van der Waals surface area contributed by atoms with Crippen molar-refractivity contribution in [3.8, 4) is 0 Å². The van der Waals surface area contributed by atoms with Crippen LogP contribution in [0.3, 0.4) is 0 Å². The molecule has 2 unspecified atom stereocenters. The van der Waals surface area contributed by atoms with Crippen molar-refractivity contribution in [2.75, 3.05) is 20.1 Å². The molecule has 1 aliphatic rings. The highest BCUT2D eigenvalue weighted by atomic mass is 16.4. The molecule has 2 heterocycles. The van der Waals surface area contributed by atoms with Gasteiger partial charge >= 0.3 is 0 Å². The molecule has 2 N–H and O–H groups in total. The summed E-state index contributed by atoms with van der Waals surface area (Å²) in [6.07, 6.45) is 6.08. The second kappa shape index (κ2) is 7.45. The van der Waals surface area contributed by atoms with E-state index in [0.29, 0.717) is 18.7 Å². The van der Waals surface area contributed by atoms with Gasteiger partial charge in [0, 0.05) is 13.1 Å². The lowest BCUT2D eigenvalue weighted by Gasteiger charge is -2.30. The minimum absolute atomic E-state index is 0.0318. The van der Waals surface area contributed by atoms with Crippen LogP contribution in [0.1, 0.15) is 44.0 Å². The number of carbonyl (C=O) groups is 1. The first-order valence-electron chi connectivity index (χ1n) is 7.37. The van der Waals surface area contributed by atoms with Crippen LogP contribution >= 0.6 is 0 Å². The highest BCUT2D eigenvalue weighted by molar-refractivity contribution is 5.77. The van der Waals surface area contributed by atoms with Gasteiger partial charge in [-0.1, -0.05) is 12.8 Å². The second-order valence-electron chi connectivity index (χ2n) is 5.41. The van der Waals surface area contributed by atoms with Gasteiger partial charge in [0.25, 0.3) is 0 Å². The maximum Gasteiger partial charge on any atom is 0.233 e. The second-order valence-corrected chi connectivity index (χ2v) is 5.41. The predicted molar refractivity (Wildman–Crippen MR) is 76.2 cm³/mol. The van der Waals surface area contributed by atoms with E-state index in [1.165, 1.54) is 6.42 Å². The van der Waals surface area contributed by atoms with Crippen molar-refractivity contribution in [2.24, 2.45) is 0 Å². The summed E-state index contributed by atoms with van der Waals surface area (Å²) in [5, 5.41) is 12.9. The number of nitrogens with zero attached hydrogens (tertiary/aromatic N) is 1. The fourth-order valence-corrected chi connectivity index (χ4v) is 2.83. The molecule has 20 heavy (non-hydrogen) atoms. The molecule has 0 aliphatic carbocycles. The van der Waals surface area contributed by atoms with Gasteiger partial charge in [-0.15, -0.1) is 0 Å². The molecule has 1 amide bonds. The van der Waals surface area contributed by atoms with Gasteiger partial charge in [-0.25, -0.2) is 0 Å². The van der Waals surface area contributed by atoms with E-state index in [-0.39, 0.29) is 11.9 Å². The molecule has 112 valence electrons. The first-order valence-corrected chi connectivity index (χ1v) is 7.37. The van der Waals surface area contributed by atoms with E-state index in [2.05, 4.69) is 10.2 Å². The van der Waals surface area contributed by atoms with Crippen molar-refractivity contribution >= 4 is 5.91 Å². The molecular formula is C15H24N2O3. The molecule has 0 aromatic carbocycles. The fourth-order valence-electron chi connectivity index (χ4n) is 2.83. The minimum Gasteiger partial charge on any atom is -0.467 e. The fraction of sp³-hybridized carbons (Fsp3) is 0.667. The van der Waals surface area contributed by atoms with Crippen LogP contribution in [0.4, 0.5) is 0 Å². The molecule has 0 spiro atoms. The van der Waals surface area contributed by atoms with Gasteiger partial charge in [0.2, 0.25) is 5.91 Å². The van der Waals surface area contributed by atoms with Crippen LogP contribution in [0.25, 0.3) is 0 Å². The summed E-state index contributed by atoms with van der Waals surface area (Å²) in [5.41, 5.74) is 0. The number of furan rings is 1. The molecule has 5 nitrogen and oxygen atoms in total. The van der Waals surface area contributed by atoms with Crippen LogP contribution in [0.15, 0.2) is 22.8 Å². The van der Waals surface area contributed by atoms with E-state index in [1.54, 1.807) is 25.4 Å². The summed E-state index contributed by atoms with van der Waals surface area (Å²) < 4.78 is 5.26. The first kappa shape index (κ1) is 15.1. The minimum atomic E-state index is -0.597. The van der Waals surface area contributed by atoms with Gasteiger partial charge in [-0.05, 0) is 37.9 Å². The van der Waals surface area contributed by atoms with Crippen LogP contribution in [-0.4, -0.2) is 42.1 Å². The Balaban J connectivity index is 1.98. The lowest BCUT2D eigenvalue weighted by molar-refractivity contribution is -0.122. The summed E-state index contributed by atoms with van der Waals surface area (Å²) in [4.78, 5) is 13.8. The predicted octanol–water partition coefficient (Wildman–Crippen LogP) is 1.69. The zero-order chi connectivity index (χ0) is 14.4. The van der Waals surface area contributed by atoms with Crippen molar-refractivity contribution < 1.29 is 14.3 Å².